The Hall–Kier alpha value is -4.18. The van der Waals surface area contributed by atoms with E-state index in [2.05, 4.69) is 70.9 Å². The van der Waals surface area contributed by atoms with Crippen LogP contribution in [-0.4, -0.2) is 24.0 Å². The number of anilines is 2. The van der Waals surface area contributed by atoms with Gasteiger partial charge < -0.3 is 10.2 Å². The second-order valence-corrected chi connectivity index (χ2v) is 9.22. The van der Waals surface area contributed by atoms with Crippen LogP contribution in [0.4, 0.5) is 11.4 Å². The fourth-order valence-corrected chi connectivity index (χ4v) is 5.06. The predicted octanol–water partition coefficient (Wildman–Crippen LogP) is 6.91. The van der Waals surface area contributed by atoms with Crippen LogP contribution in [0.3, 0.4) is 0 Å². The Morgan fingerprint density at radius 3 is 2.31 bits per heavy atom. The van der Waals surface area contributed by atoms with Gasteiger partial charge in [-0.1, -0.05) is 66.7 Å². The fraction of sp³-hybridized carbons (Fsp3) is 0.161. The molecule has 0 aliphatic carbocycles. The molecule has 1 aliphatic rings. The minimum absolute atomic E-state index is 0.00669. The Balaban J connectivity index is 1.15. The van der Waals surface area contributed by atoms with Gasteiger partial charge in [0.15, 0.2) is 0 Å². The quantitative estimate of drug-likeness (QED) is 0.298. The molecule has 6 rings (SSSR count). The number of nitrogens with zero attached hydrogens (tertiary/aromatic N) is 2. The van der Waals surface area contributed by atoms with Crippen LogP contribution in [0.1, 0.15) is 12.8 Å². The number of amides is 1. The highest BCUT2D eigenvalue weighted by Gasteiger charge is 2.25. The van der Waals surface area contributed by atoms with E-state index in [1.165, 1.54) is 16.8 Å². The molecule has 1 N–H and O–H groups in total. The zero-order valence-corrected chi connectivity index (χ0v) is 19.5. The zero-order valence-electron chi connectivity index (χ0n) is 19.5. The number of hydrogen-bond donors (Lipinski definition) is 1. The minimum Gasteiger partial charge on any atom is -0.371 e. The maximum absolute atomic E-state index is 13.2. The summed E-state index contributed by atoms with van der Waals surface area (Å²) < 4.78 is 0. The van der Waals surface area contributed by atoms with Gasteiger partial charge in [-0.15, -0.1) is 0 Å². The van der Waals surface area contributed by atoms with E-state index in [0.29, 0.717) is 0 Å². The maximum atomic E-state index is 13.2. The molecule has 4 heteroatoms. The molecule has 0 bridgehead atoms. The van der Waals surface area contributed by atoms with E-state index in [-0.39, 0.29) is 11.8 Å². The van der Waals surface area contributed by atoms with Gasteiger partial charge in [0.2, 0.25) is 5.91 Å². The summed E-state index contributed by atoms with van der Waals surface area (Å²) in [5, 5.41) is 5.26. The second-order valence-electron chi connectivity index (χ2n) is 9.22. The van der Waals surface area contributed by atoms with Crippen molar-refractivity contribution in [1.82, 2.24) is 4.98 Å². The van der Waals surface area contributed by atoms with Crippen molar-refractivity contribution in [3.8, 4) is 11.1 Å². The Labute approximate surface area is 205 Å². The number of nitrogens with one attached hydrogen (secondary N) is 1. The number of piperidine rings is 1. The van der Waals surface area contributed by atoms with Crippen molar-refractivity contribution in [2.24, 2.45) is 5.92 Å². The highest BCUT2D eigenvalue weighted by Crippen LogP contribution is 2.30. The first-order valence-corrected chi connectivity index (χ1v) is 12.2. The van der Waals surface area contributed by atoms with Gasteiger partial charge in [0, 0.05) is 35.5 Å². The van der Waals surface area contributed by atoms with Crippen molar-refractivity contribution >= 4 is 39.1 Å². The summed E-state index contributed by atoms with van der Waals surface area (Å²) in [4.78, 5) is 20.4. The van der Waals surface area contributed by atoms with Crippen molar-refractivity contribution in [2.75, 3.05) is 23.3 Å². The third-order valence-corrected chi connectivity index (χ3v) is 7.00. The molecule has 35 heavy (non-hydrogen) atoms. The van der Waals surface area contributed by atoms with E-state index in [1.54, 1.807) is 0 Å². The SMILES string of the molecule is O=C(Nc1cccc2nc3ccccc3cc12)C1CCN(c2cccc(-c3ccccc3)c2)CC1. The van der Waals surface area contributed by atoms with Gasteiger partial charge in [0.05, 0.1) is 16.7 Å². The average Bonchev–Trinajstić information content (AvgIpc) is 2.93. The smallest absolute Gasteiger partial charge is 0.227 e. The number of fused-ring (bicyclic) bond motifs is 2. The lowest BCUT2D eigenvalue weighted by Crippen LogP contribution is -2.38. The van der Waals surface area contributed by atoms with Crippen molar-refractivity contribution in [2.45, 2.75) is 12.8 Å². The van der Waals surface area contributed by atoms with Gasteiger partial charge in [-0.05, 0) is 60.4 Å². The van der Waals surface area contributed by atoms with Gasteiger partial charge in [-0.2, -0.15) is 0 Å². The molecule has 0 radical (unpaired) electrons. The van der Waals surface area contributed by atoms with Crippen LogP contribution < -0.4 is 10.2 Å². The van der Waals surface area contributed by atoms with Crippen molar-refractivity contribution in [3.05, 3.63) is 103 Å². The first kappa shape index (κ1) is 21.4. The van der Waals surface area contributed by atoms with E-state index in [9.17, 15) is 4.79 Å². The summed E-state index contributed by atoms with van der Waals surface area (Å²) in [6.45, 7) is 1.75. The van der Waals surface area contributed by atoms with E-state index in [4.69, 9.17) is 4.98 Å². The molecular weight excluding hydrogens is 430 g/mol. The minimum atomic E-state index is 0.00669. The molecule has 2 heterocycles. The molecule has 1 fully saturated rings. The third-order valence-electron chi connectivity index (χ3n) is 7.00. The van der Waals surface area contributed by atoms with Gasteiger partial charge in [0.1, 0.15) is 0 Å². The number of carbonyl (C=O) groups is 1. The maximum Gasteiger partial charge on any atom is 0.227 e. The molecule has 1 amide bonds. The summed E-state index contributed by atoms with van der Waals surface area (Å²) in [5.74, 6) is 0.107. The number of para-hydroxylation sites is 1. The third kappa shape index (κ3) is 4.35. The molecule has 0 atom stereocenters. The molecule has 0 unspecified atom stereocenters. The Kier molecular flexibility index (Phi) is 5.63. The van der Waals surface area contributed by atoms with Crippen LogP contribution in [0.5, 0.6) is 0 Å². The lowest BCUT2D eigenvalue weighted by Gasteiger charge is -2.33. The Morgan fingerprint density at radius 2 is 1.46 bits per heavy atom. The number of hydrogen-bond acceptors (Lipinski definition) is 3. The molecule has 4 aromatic carbocycles. The molecule has 172 valence electrons. The van der Waals surface area contributed by atoms with Crippen LogP contribution in [0.25, 0.3) is 32.9 Å². The van der Waals surface area contributed by atoms with Crippen molar-refractivity contribution in [3.63, 3.8) is 0 Å². The van der Waals surface area contributed by atoms with E-state index in [1.807, 2.05) is 42.5 Å². The second kappa shape index (κ2) is 9.22. The highest BCUT2D eigenvalue weighted by molar-refractivity contribution is 6.05. The molecular formula is C31H27N3O. The molecule has 1 aromatic heterocycles. The number of pyridine rings is 1. The molecule has 5 aromatic rings. The first-order chi connectivity index (χ1) is 17.2. The highest BCUT2D eigenvalue weighted by atomic mass is 16.1. The van der Waals surface area contributed by atoms with Crippen molar-refractivity contribution in [1.29, 1.82) is 0 Å². The summed E-state index contributed by atoms with van der Waals surface area (Å²) in [5.41, 5.74) is 6.36. The van der Waals surface area contributed by atoms with Crippen LogP contribution >= 0.6 is 0 Å². The van der Waals surface area contributed by atoms with Gasteiger partial charge in [-0.3, -0.25) is 4.79 Å². The molecule has 0 saturated carbocycles. The summed E-state index contributed by atoms with van der Waals surface area (Å²) in [6.07, 6.45) is 1.68. The van der Waals surface area contributed by atoms with Gasteiger partial charge >= 0.3 is 0 Å². The topological polar surface area (TPSA) is 45.2 Å². The summed E-state index contributed by atoms with van der Waals surface area (Å²) in [6, 6.07) is 35.3. The van der Waals surface area contributed by atoms with E-state index >= 15 is 0 Å². The standard InChI is InChI=1S/C31H27N3O/c35-31(33-30-15-7-14-29-27(30)21-25-10-4-5-13-28(25)32-29)23-16-18-34(19-17-23)26-12-6-11-24(20-26)22-8-2-1-3-9-22/h1-15,20-21,23H,16-19H2,(H,33,35). The monoisotopic (exact) mass is 457 g/mol. The number of carbonyl (C=O) groups excluding carboxylic acids is 1. The number of aromatic nitrogens is 1. The van der Waals surface area contributed by atoms with Crippen LogP contribution in [-0.2, 0) is 4.79 Å². The lowest BCUT2D eigenvalue weighted by molar-refractivity contribution is -0.120. The molecule has 0 spiro atoms. The van der Waals surface area contributed by atoms with E-state index in [0.717, 1.165) is 53.4 Å². The van der Waals surface area contributed by atoms with Gasteiger partial charge in [0.25, 0.3) is 0 Å². The predicted molar refractivity (Wildman–Crippen MR) is 145 cm³/mol. The Morgan fingerprint density at radius 1 is 0.743 bits per heavy atom. The van der Waals surface area contributed by atoms with Crippen LogP contribution in [0.2, 0.25) is 0 Å². The normalized spacial score (nSPS) is 14.3. The lowest BCUT2D eigenvalue weighted by atomic mass is 9.95. The first-order valence-electron chi connectivity index (χ1n) is 12.2. The van der Waals surface area contributed by atoms with Crippen LogP contribution in [0, 0.1) is 5.92 Å². The number of rotatable bonds is 4. The summed E-state index contributed by atoms with van der Waals surface area (Å²) >= 11 is 0. The van der Waals surface area contributed by atoms with E-state index < -0.39 is 0 Å². The zero-order chi connectivity index (χ0) is 23.6. The van der Waals surface area contributed by atoms with Crippen LogP contribution in [0.15, 0.2) is 103 Å². The number of benzene rings is 4. The fourth-order valence-electron chi connectivity index (χ4n) is 5.06. The summed E-state index contributed by atoms with van der Waals surface area (Å²) in [7, 11) is 0. The van der Waals surface area contributed by atoms with Crippen molar-refractivity contribution < 1.29 is 4.79 Å². The van der Waals surface area contributed by atoms with Gasteiger partial charge in [-0.25, -0.2) is 4.98 Å². The molecule has 4 nitrogen and oxygen atoms in total. The Bertz CT molecular complexity index is 1500. The average molecular weight is 458 g/mol. The molecule has 1 saturated heterocycles. The molecule has 1 aliphatic heterocycles. The largest absolute Gasteiger partial charge is 0.371 e.